The van der Waals surface area contributed by atoms with E-state index in [1.54, 1.807) is 48.4 Å². The summed E-state index contributed by atoms with van der Waals surface area (Å²) in [5, 5.41) is 14.3. The number of pyridine rings is 2. The Bertz CT molecular complexity index is 956. The summed E-state index contributed by atoms with van der Waals surface area (Å²) in [5.41, 5.74) is 0.980. The zero-order valence-corrected chi connectivity index (χ0v) is 15.3. The summed E-state index contributed by atoms with van der Waals surface area (Å²) in [5.74, 6) is 0.445. The molecule has 0 saturated carbocycles. The van der Waals surface area contributed by atoms with Crippen molar-refractivity contribution in [1.29, 1.82) is 5.26 Å². The van der Waals surface area contributed by atoms with Gasteiger partial charge in [0.15, 0.2) is 5.82 Å². The largest absolute Gasteiger partial charge is 0.366 e. The smallest absolute Gasteiger partial charge is 0.329 e. The normalized spacial score (nSPS) is 18.1. The first-order valence-electron chi connectivity index (χ1n) is 9.04. The molecule has 2 aliphatic heterocycles. The first-order valence-corrected chi connectivity index (χ1v) is 9.04. The van der Waals surface area contributed by atoms with Crippen molar-refractivity contribution in [3.8, 4) is 6.07 Å². The van der Waals surface area contributed by atoms with Crippen LogP contribution in [0, 0.1) is 11.3 Å². The second-order valence-corrected chi connectivity index (χ2v) is 6.77. The van der Waals surface area contributed by atoms with Crippen molar-refractivity contribution in [3.63, 3.8) is 0 Å². The van der Waals surface area contributed by atoms with Crippen molar-refractivity contribution in [1.82, 2.24) is 15.3 Å². The molecule has 0 aromatic carbocycles. The monoisotopic (exact) mass is 377 g/mol. The summed E-state index contributed by atoms with van der Waals surface area (Å²) in [6.07, 6.45) is 2.42. The van der Waals surface area contributed by atoms with Gasteiger partial charge in [-0.1, -0.05) is 6.07 Å². The molecule has 0 aliphatic carbocycles. The van der Waals surface area contributed by atoms with Gasteiger partial charge in [-0.2, -0.15) is 5.26 Å². The average molecular weight is 377 g/mol. The SMILES string of the molecule is CC(C#N)NC(=O)c1ccc2c(n1)N(C(=O)Nc1ccccn1)[C@H]1CCN2C1. The Labute approximate surface area is 162 Å². The molecule has 2 aromatic heterocycles. The van der Waals surface area contributed by atoms with Crippen molar-refractivity contribution < 1.29 is 9.59 Å². The molecule has 1 unspecified atom stereocenters. The molecule has 9 heteroatoms. The fourth-order valence-electron chi connectivity index (χ4n) is 3.51. The van der Waals surface area contributed by atoms with Crippen LogP contribution in [0.5, 0.6) is 0 Å². The molecule has 2 atom stereocenters. The predicted octanol–water partition coefficient (Wildman–Crippen LogP) is 1.75. The van der Waals surface area contributed by atoms with Crippen LogP contribution >= 0.6 is 0 Å². The minimum Gasteiger partial charge on any atom is -0.366 e. The topological polar surface area (TPSA) is 114 Å². The maximum absolute atomic E-state index is 13.0. The van der Waals surface area contributed by atoms with Gasteiger partial charge in [-0.05, 0) is 37.6 Å². The number of amides is 3. The van der Waals surface area contributed by atoms with Crippen LogP contribution in [-0.2, 0) is 0 Å². The standard InChI is InChI=1S/C19H19N7O2/c1-12(10-20)22-18(27)14-5-6-15-17(23-14)26(13-7-9-25(15)11-13)19(28)24-16-4-2-3-8-21-16/h2-6,8,12-13H,7,9,11H2,1H3,(H,22,27)(H,21,24,28)/t12?,13-/m0/s1. The highest BCUT2D eigenvalue weighted by Crippen LogP contribution is 2.39. The summed E-state index contributed by atoms with van der Waals surface area (Å²) < 4.78 is 0. The second-order valence-electron chi connectivity index (χ2n) is 6.77. The fraction of sp³-hybridized carbons (Fsp3) is 0.316. The number of nitrogens with zero attached hydrogens (tertiary/aromatic N) is 5. The summed E-state index contributed by atoms with van der Waals surface area (Å²) in [6, 6.07) is 9.66. The van der Waals surface area contributed by atoms with Gasteiger partial charge in [-0.25, -0.2) is 14.8 Å². The van der Waals surface area contributed by atoms with Crippen molar-refractivity contribution in [3.05, 3.63) is 42.2 Å². The molecule has 1 saturated heterocycles. The summed E-state index contributed by atoms with van der Waals surface area (Å²) in [4.78, 5) is 37.7. The molecule has 0 radical (unpaired) electrons. The lowest BCUT2D eigenvalue weighted by molar-refractivity contribution is 0.0943. The van der Waals surface area contributed by atoms with E-state index in [1.165, 1.54) is 0 Å². The van der Waals surface area contributed by atoms with Gasteiger partial charge in [-0.3, -0.25) is 15.0 Å². The number of hydrogen-bond acceptors (Lipinski definition) is 6. The molecule has 2 bridgehead atoms. The van der Waals surface area contributed by atoms with Gasteiger partial charge in [0.05, 0.1) is 17.8 Å². The molecule has 2 N–H and O–H groups in total. The number of nitrogens with one attached hydrogen (secondary N) is 2. The quantitative estimate of drug-likeness (QED) is 0.842. The fourth-order valence-corrected chi connectivity index (χ4v) is 3.51. The highest BCUT2D eigenvalue weighted by molar-refractivity contribution is 6.05. The van der Waals surface area contributed by atoms with E-state index in [-0.39, 0.29) is 17.8 Å². The van der Waals surface area contributed by atoms with Crippen molar-refractivity contribution in [2.24, 2.45) is 0 Å². The van der Waals surface area contributed by atoms with Gasteiger partial charge in [0.1, 0.15) is 17.6 Å². The van der Waals surface area contributed by atoms with Crippen molar-refractivity contribution in [2.45, 2.75) is 25.4 Å². The number of carbonyl (C=O) groups is 2. The second kappa shape index (κ2) is 7.15. The van der Waals surface area contributed by atoms with Crippen molar-refractivity contribution >= 4 is 29.3 Å². The number of aromatic nitrogens is 2. The molecular formula is C19H19N7O2. The highest BCUT2D eigenvalue weighted by atomic mass is 16.2. The third-order valence-corrected chi connectivity index (χ3v) is 4.84. The highest BCUT2D eigenvalue weighted by Gasteiger charge is 2.40. The van der Waals surface area contributed by atoms with Gasteiger partial charge < -0.3 is 10.2 Å². The maximum Gasteiger partial charge on any atom is 0.329 e. The van der Waals surface area contributed by atoms with Crippen molar-refractivity contribution in [2.75, 3.05) is 28.2 Å². The number of anilines is 3. The third-order valence-electron chi connectivity index (χ3n) is 4.84. The van der Waals surface area contributed by atoms with E-state index < -0.39 is 11.9 Å². The lowest BCUT2D eigenvalue weighted by Gasteiger charge is -2.35. The van der Waals surface area contributed by atoms with E-state index in [4.69, 9.17) is 5.26 Å². The van der Waals surface area contributed by atoms with Crippen LogP contribution in [0.4, 0.5) is 22.1 Å². The van der Waals surface area contributed by atoms with E-state index in [9.17, 15) is 9.59 Å². The van der Waals surface area contributed by atoms with Gasteiger partial charge in [0, 0.05) is 19.3 Å². The Hall–Kier alpha value is -3.67. The lowest BCUT2D eigenvalue weighted by Crippen LogP contribution is -2.48. The minimum absolute atomic E-state index is 0.0277. The van der Waals surface area contributed by atoms with Gasteiger partial charge >= 0.3 is 6.03 Å². The summed E-state index contributed by atoms with van der Waals surface area (Å²) in [7, 11) is 0. The summed E-state index contributed by atoms with van der Waals surface area (Å²) >= 11 is 0. The van der Waals surface area contributed by atoms with Crippen LogP contribution in [0.3, 0.4) is 0 Å². The molecule has 2 aliphatic rings. The Kier molecular flexibility index (Phi) is 4.53. The van der Waals surface area contributed by atoms with E-state index in [2.05, 4.69) is 25.5 Å². The van der Waals surface area contributed by atoms with Crippen LogP contribution in [0.15, 0.2) is 36.5 Å². The predicted molar refractivity (Wildman–Crippen MR) is 103 cm³/mol. The van der Waals surface area contributed by atoms with Crippen LogP contribution in [0.2, 0.25) is 0 Å². The molecule has 3 amide bonds. The maximum atomic E-state index is 13.0. The minimum atomic E-state index is -0.631. The van der Waals surface area contributed by atoms with Crippen LogP contribution < -0.4 is 20.4 Å². The molecule has 1 fully saturated rings. The zero-order chi connectivity index (χ0) is 19.7. The Morgan fingerprint density at radius 1 is 1.32 bits per heavy atom. The average Bonchev–Trinajstić information content (AvgIpc) is 3.12. The first-order chi connectivity index (χ1) is 13.6. The van der Waals surface area contributed by atoms with E-state index in [1.807, 2.05) is 6.07 Å². The zero-order valence-electron chi connectivity index (χ0n) is 15.3. The van der Waals surface area contributed by atoms with Crippen LogP contribution in [0.25, 0.3) is 0 Å². The molecule has 4 heterocycles. The molecule has 142 valence electrons. The van der Waals surface area contributed by atoms with Crippen LogP contribution in [0.1, 0.15) is 23.8 Å². The summed E-state index contributed by atoms with van der Waals surface area (Å²) in [6.45, 7) is 3.14. The molecule has 4 rings (SSSR count). The molecular weight excluding hydrogens is 358 g/mol. The Morgan fingerprint density at radius 2 is 2.18 bits per heavy atom. The van der Waals surface area contributed by atoms with E-state index in [0.717, 1.165) is 25.2 Å². The van der Waals surface area contributed by atoms with Gasteiger partial charge in [-0.15, -0.1) is 0 Å². The molecule has 9 nitrogen and oxygen atoms in total. The molecule has 2 aromatic rings. The number of hydrogen-bond donors (Lipinski definition) is 2. The van der Waals surface area contributed by atoms with E-state index in [0.29, 0.717) is 11.6 Å². The number of urea groups is 1. The number of carbonyl (C=O) groups excluding carboxylic acids is 2. The van der Waals surface area contributed by atoms with Crippen LogP contribution in [-0.4, -0.2) is 47.1 Å². The molecule has 28 heavy (non-hydrogen) atoms. The Balaban J connectivity index is 1.66. The Morgan fingerprint density at radius 3 is 2.93 bits per heavy atom. The lowest BCUT2D eigenvalue weighted by atomic mass is 10.1. The molecule has 0 spiro atoms. The van der Waals surface area contributed by atoms with Gasteiger partial charge in [0.2, 0.25) is 0 Å². The number of nitriles is 1. The number of rotatable bonds is 3. The third kappa shape index (κ3) is 3.20. The number of fused-ring (bicyclic) bond motifs is 4. The van der Waals surface area contributed by atoms with E-state index >= 15 is 0 Å². The first kappa shape index (κ1) is 17.7. The van der Waals surface area contributed by atoms with Gasteiger partial charge in [0.25, 0.3) is 5.91 Å².